The molecule has 1 aromatic rings. The minimum atomic E-state index is -1.06. The van der Waals surface area contributed by atoms with Crippen LogP contribution in [0.15, 0.2) is 30.3 Å². The first kappa shape index (κ1) is 14.7. The molecule has 1 atom stereocenters. The smallest absolute Gasteiger partial charge is 0.326 e. The molecule has 0 heterocycles. The number of rotatable bonds is 7. The van der Waals surface area contributed by atoms with Crippen molar-refractivity contribution in [1.82, 2.24) is 10.6 Å². The molecule has 1 aromatic carbocycles. The highest BCUT2D eigenvalue weighted by molar-refractivity contribution is 5.84. The van der Waals surface area contributed by atoms with E-state index >= 15 is 0 Å². The van der Waals surface area contributed by atoms with E-state index in [-0.39, 0.29) is 19.5 Å². The van der Waals surface area contributed by atoms with Crippen LogP contribution >= 0.6 is 0 Å². The quantitative estimate of drug-likeness (QED) is 0.477. The van der Waals surface area contributed by atoms with Gasteiger partial charge in [-0.2, -0.15) is 0 Å². The van der Waals surface area contributed by atoms with Gasteiger partial charge in [0.05, 0.1) is 13.1 Å². The molecule has 0 fully saturated rings. The number of carboxylic acids is 1. The average Bonchev–Trinajstić information content (AvgIpc) is 2.39. The van der Waals surface area contributed by atoms with E-state index in [1.165, 1.54) is 0 Å². The van der Waals surface area contributed by atoms with Crippen molar-refractivity contribution < 1.29 is 14.7 Å². The summed E-state index contributed by atoms with van der Waals surface area (Å²) in [5, 5.41) is 14.2. The summed E-state index contributed by atoms with van der Waals surface area (Å²) in [6.07, 6.45) is 5.28. The van der Waals surface area contributed by atoms with Crippen LogP contribution < -0.4 is 10.6 Å². The number of terminal acetylenes is 1. The summed E-state index contributed by atoms with van der Waals surface area (Å²) in [6.45, 7) is 0.270. The molecule has 0 saturated heterocycles. The Balaban J connectivity index is 2.52. The molecular formula is C14H16N2O3. The Morgan fingerprint density at radius 3 is 2.58 bits per heavy atom. The largest absolute Gasteiger partial charge is 0.480 e. The number of aliphatic carboxylic acids is 1. The maximum Gasteiger partial charge on any atom is 0.326 e. The van der Waals surface area contributed by atoms with Crippen LogP contribution in [0.3, 0.4) is 0 Å². The second kappa shape index (κ2) is 7.90. The predicted molar refractivity (Wildman–Crippen MR) is 71.4 cm³/mol. The molecule has 5 nitrogen and oxygen atoms in total. The van der Waals surface area contributed by atoms with Crippen LogP contribution in [0.5, 0.6) is 0 Å². The molecule has 0 spiro atoms. The van der Waals surface area contributed by atoms with Crippen molar-refractivity contribution in [2.24, 2.45) is 0 Å². The fourth-order valence-electron chi connectivity index (χ4n) is 1.54. The minimum absolute atomic E-state index is 0.00275. The van der Waals surface area contributed by atoms with Gasteiger partial charge in [-0.3, -0.25) is 10.1 Å². The third kappa shape index (κ3) is 5.70. The molecule has 1 rings (SSSR count). The van der Waals surface area contributed by atoms with Crippen LogP contribution in [0, 0.1) is 12.3 Å². The van der Waals surface area contributed by atoms with E-state index in [1.807, 2.05) is 30.3 Å². The van der Waals surface area contributed by atoms with Gasteiger partial charge in [0.25, 0.3) is 0 Å². The van der Waals surface area contributed by atoms with Crippen molar-refractivity contribution in [2.45, 2.75) is 12.5 Å². The van der Waals surface area contributed by atoms with Gasteiger partial charge in [-0.05, 0) is 5.56 Å². The van der Waals surface area contributed by atoms with Crippen molar-refractivity contribution in [3.63, 3.8) is 0 Å². The topological polar surface area (TPSA) is 78.4 Å². The fourth-order valence-corrected chi connectivity index (χ4v) is 1.54. The lowest BCUT2D eigenvalue weighted by atomic mass is 10.1. The standard InChI is InChI=1S/C14H16N2O3/c1-2-8-15-10-13(17)16-12(14(18)19)9-11-6-4-3-5-7-11/h1,3-7,12,15H,8-10H2,(H,16,17)(H,18,19)/t12-/m1/s1. The predicted octanol–water partition coefficient (Wildman–Crippen LogP) is 0.0213. The molecule has 0 aromatic heterocycles. The second-order valence-electron chi connectivity index (χ2n) is 3.96. The Bertz CT molecular complexity index is 465. The minimum Gasteiger partial charge on any atom is -0.480 e. The maximum absolute atomic E-state index is 11.5. The van der Waals surface area contributed by atoms with Gasteiger partial charge in [0.2, 0.25) is 5.91 Å². The van der Waals surface area contributed by atoms with E-state index in [2.05, 4.69) is 16.6 Å². The lowest BCUT2D eigenvalue weighted by Crippen LogP contribution is -2.45. The molecular weight excluding hydrogens is 244 g/mol. The molecule has 0 radical (unpaired) electrons. The number of hydrogen-bond acceptors (Lipinski definition) is 3. The van der Waals surface area contributed by atoms with Gasteiger partial charge in [-0.15, -0.1) is 6.42 Å². The highest BCUT2D eigenvalue weighted by atomic mass is 16.4. The highest BCUT2D eigenvalue weighted by Crippen LogP contribution is 2.03. The van der Waals surface area contributed by atoms with E-state index in [4.69, 9.17) is 11.5 Å². The molecule has 0 aliphatic heterocycles. The Morgan fingerprint density at radius 1 is 1.32 bits per heavy atom. The summed E-state index contributed by atoms with van der Waals surface area (Å²) in [5.41, 5.74) is 0.854. The van der Waals surface area contributed by atoms with Gasteiger partial charge in [0, 0.05) is 6.42 Å². The Kier molecular flexibility index (Phi) is 6.13. The molecule has 1 amide bonds. The van der Waals surface area contributed by atoms with Crippen molar-refractivity contribution in [1.29, 1.82) is 0 Å². The molecule has 0 saturated carbocycles. The average molecular weight is 260 g/mol. The molecule has 0 aliphatic rings. The lowest BCUT2D eigenvalue weighted by Gasteiger charge is -2.14. The molecule has 19 heavy (non-hydrogen) atoms. The normalized spacial score (nSPS) is 11.3. The van der Waals surface area contributed by atoms with Crippen molar-refractivity contribution in [2.75, 3.05) is 13.1 Å². The van der Waals surface area contributed by atoms with E-state index in [9.17, 15) is 9.59 Å². The summed E-state index contributed by atoms with van der Waals surface area (Å²) in [5.74, 6) is 0.880. The summed E-state index contributed by atoms with van der Waals surface area (Å²) in [6, 6.07) is 8.19. The summed E-state index contributed by atoms with van der Waals surface area (Å²) in [4.78, 5) is 22.6. The molecule has 100 valence electrons. The van der Waals surface area contributed by atoms with E-state index in [1.54, 1.807) is 0 Å². The molecule has 0 bridgehead atoms. The number of hydrogen-bond donors (Lipinski definition) is 3. The van der Waals surface area contributed by atoms with Crippen LogP contribution in [0.1, 0.15) is 5.56 Å². The SMILES string of the molecule is C#CCNCC(=O)N[C@H](Cc1ccccc1)C(=O)O. The molecule has 0 aliphatic carbocycles. The van der Waals surface area contributed by atoms with E-state index in [0.29, 0.717) is 0 Å². The Labute approximate surface area is 112 Å². The summed E-state index contributed by atoms with van der Waals surface area (Å²) >= 11 is 0. The van der Waals surface area contributed by atoms with Gasteiger partial charge >= 0.3 is 5.97 Å². The number of amides is 1. The van der Waals surface area contributed by atoms with E-state index < -0.39 is 17.9 Å². The van der Waals surface area contributed by atoms with Crippen LogP contribution in [0.25, 0.3) is 0 Å². The van der Waals surface area contributed by atoms with Gasteiger partial charge < -0.3 is 10.4 Å². The zero-order valence-electron chi connectivity index (χ0n) is 10.4. The fraction of sp³-hybridized carbons (Fsp3) is 0.286. The number of carbonyl (C=O) groups is 2. The number of benzene rings is 1. The lowest BCUT2D eigenvalue weighted by molar-refractivity contribution is -0.141. The Morgan fingerprint density at radius 2 is 2.00 bits per heavy atom. The maximum atomic E-state index is 11.5. The number of carbonyl (C=O) groups excluding carboxylic acids is 1. The second-order valence-corrected chi connectivity index (χ2v) is 3.96. The molecule has 5 heteroatoms. The zero-order chi connectivity index (χ0) is 14.1. The first-order valence-electron chi connectivity index (χ1n) is 5.83. The van der Waals surface area contributed by atoms with Gasteiger partial charge in [0.15, 0.2) is 0 Å². The highest BCUT2D eigenvalue weighted by Gasteiger charge is 2.19. The van der Waals surface area contributed by atoms with Gasteiger partial charge in [0.1, 0.15) is 6.04 Å². The third-order valence-electron chi connectivity index (χ3n) is 2.43. The first-order valence-corrected chi connectivity index (χ1v) is 5.83. The summed E-state index contributed by atoms with van der Waals surface area (Å²) in [7, 11) is 0. The van der Waals surface area contributed by atoms with Gasteiger partial charge in [-0.25, -0.2) is 4.79 Å². The van der Waals surface area contributed by atoms with Crippen LogP contribution in [0.4, 0.5) is 0 Å². The van der Waals surface area contributed by atoms with Crippen LogP contribution in [-0.2, 0) is 16.0 Å². The van der Waals surface area contributed by atoms with Crippen LogP contribution in [0.2, 0.25) is 0 Å². The van der Waals surface area contributed by atoms with Crippen LogP contribution in [-0.4, -0.2) is 36.1 Å². The molecule has 0 unspecified atom stereocenters. The van der Waals surface area contributed by atoms with Crippen molar-refractivity contribution >= 4 is 11.9 Å². The monoisotopic (exact) mass is 260 g/mol. The Hall–Kier alpha value is -2.32. The number of nitrogens with one attached hydrogen (secondary N) is 2. The van der Waals surface area contributed by atoms with Crippen molar-refractivity contribution in [3.8, 4) is 12.3 Å². The summed E-state index contributed by atoms with van der Waals surface area (Å²) < 4.78 is 0. The zero-order valence-corrected chi connectivity index (χ0v) is 10.4. The first-order chi connectivity index (χ1) is 9.13. The molecule has 3 N–H and O–H groups in total. The third-order valence-corrected chi connectivity index (χ3v) is 2.43. The van der Waals surface area contributed by atoms with Crippen molar-refractivity contribution in [3.05, 3.63) is 35.9 Å². The van der Waals surface area contributed by atoms with Gasteiger partial charge in [-0.1, -0.05) is 36.3 Å². The number of carboxylic acid groups (broad SMARTS) is 1. The van der Waals surface area contributed by atoms with E-state index in [0.717, 1.165) is 5.56 Å².